The monoisotopic (exact) mass is 475 g/mol. The van der Waals surface area contributed by atoms with Gasteiger partial charge in [0.25, 0.3) is 10.0 Å². The second-order valence-electron chi connectivity index (χ2n) is 7.02. The van der Waals surface area contributed by atoms with Gasteiger partial charge in [0.15, 0.2) is 11.6 Å². The SMILES string of the molecule is O=C(OCCOc1ccccc1F)c1ccc(Cl)c(S(=O)(=O)N2CCc3ccccc32)c1. The maximum atomic E-state index is 13.5. The lowest BCUT2D eigenvalue weighted by molar-refractivity contribution is 0.0448. The van der Waals surface area contributed by atoms with E-state index >= 15 is 0 Å². The van der Waals surface area contributed by atoms with Gasteiger partial charge in [-0.05, 0) is 48.4 Å². The third-order valence-corrected chi connectivity index (χ3v) is 7.28. The first-order chi connectivity index (χ1) is 15.4. The van der Waals surface area contributed by atoms with Crippen LogP contribution in [0.25, 0.3) is 0 Å². The molecule has 0 atom stereocenters. The highest BCUT2D eigenvalue weighted by molar-refractivity contribution is 7.93. The van der Waals surface area contributed by atoms with Gasteiger partial charge in [-0.1, -0.05) is 41.9 Å². The molecular weight excluding hydrogens is 457 g/mol. The minimum absolute atomic E-state index is 0.00816. The molecule has 0 N–H and O–H groups in total. The summed E-state index contributed by atoms with van der Waals surface area (Å²) in [5.41, 5.74) is 1.56. The van der Waals surface area contributed by atoms with Gasteiger partial charge in [0.2, 0.25) is 0 Å². The summed E-state index contributed by atoms with van der Waals surface area (Å²) in [7, 11) is -3.98. The van der Waals surface area contributed by atoms with Gasteiger partial charge in [0.1, 0.15) is 18.1 Å². The van der Waals surface area contributed by atoms with E-state index in [9.17, 15) is 17.6 Å². The van der Waals surface area contributed by atoms with Crippen molar-refractivity contribution in [3.63, 3.8) is 0 Å². The van der Waals surface area contributed by atoms with Crippen molar-refractivity contribution in [2.45, 2.75) is 11.3 Å². The van der Waals surface area contributed by atoms with Gasteiger partial charge >= 0.3 is 5.97 Å². The third kappa shape index (κ3) is 4.42. The minimum atomic E-state index is -3.98. The van der Waals surface area contributed by atoms with E-state index < -0.39 is 21.8 Å². The van der Waals surface area contributed by atoms with Crippen molar-refractivity contribution in [2.24, 2.45) is 0 Å². The molecule has 0 bridgehead atoms. The number of hydrogen-bond acceptors (Lipinski definition) is 5. The van der Waals surface area contributed by atoms with Crippen LogP contribution in [-0.4, -0.2) is 34.1 Å². The van der Waals surface area contributed by atoms with E-state index in [4.69, 9.17) is 21.1 Å². The molecule has 1 aliphatic heterocycles. The van der Waals surface area contributed by atoms with E-state index in [1.165, 1.54) is 40.7 Å². The van der Waals surface area contributed by atoms with Gasteiger partial charge in [-0.3, -0.25) is 4.31 Å². The molecule has 1 heterocycles. The Morgan fingerprint density at radius 3 is 2.59 bits per heavy atom. The van der Waals surface area contributed by atoms with Crippen LogP contribution in [0.2, 0.25) is 5.02 Å². The fourth-order valence-corrected chi connectivity index (χ4v) is 5.44. The molecule has 0 amide bonds. The third-order valence-electron chi connectivity index (χ3n) is 4.99. The van der Waals surface area contributed by atoms with Crippen molar-refractivity contribution in [3.05, 3.63) is 88.7 Å². The van der Waals surface area contributed by atoms with Crippen LogP contribution < -0.4 is 9.04 Å². The van der Waals surface area contributed by atoms with Crippen LogP contribution >= 0.6 is 11.6 Å². The standard InChI is InChI=1S/C23H19ClFNO5S/c24-18-10-9-17(23(27)31-14-13-30-21-8-4-2-6-19(21)25)15-22(18)32(28,29)26-12-11-16-5-1-3-7-20(16)26/h1-10,15H,11-14H2. The van der Waals surface area contributed by atoms with E-state index in [2.05, 4.69) is 0 Å². The topological polar surface area (TPSA) is 72.9 Å². The fraction of sp³-hybridized carbons (Fsp3) is 0.174. The Bertz CT molecular complexity index is 1260. The smallest absolute Gasteiger partial charge is 0.338 e. The quantitative estimate of drug-likeness (QED) is 0.372. The number of hydrogen-bond donors (Lipinski definition) is 0. The molecule has 1 aliphatic rings. The van der Waals surface area contributed by atoms with Crippen LogP contribution in [0.15, 0.2) is 71.6 Å². The molecule has 0 saturated carbocycles. The van der Waals surface area contributed by atoms with Gasteiger partial charge in [0.05, 0.1) is 16.3 Å². The summed E-state index contributed by atoms with van der Waals surface area (Å²) in [6.45, 7) is 0.0907. The number of benzene rings is 3. The summed E-state index contributed by atoms with van der Waals surface area (Å²) < 4.78 is 51.8. The Balaban J connectivity index is 1.46. The Labute approximate surface area is 190 Å². The number of nitrogens with zero attached hydrogens (tertiary/aromatic N) is 1. The van der Waals surface area contributed by atoms with Crippen LogP contribution in [0.5, 0.6) is 5.75 Å². The molecule has 0 unspecified atom stereocenters. The van der Waals surface area contributed by atoms with Crippen molar-refractivity contribution in [1.29, 1.82) is 0 Å². The molecule has 0 aliphatic carbocycles. The maximum absolute atomic E-state index is 13.5. The Morgan fingerprint density at radius 1 is 1.03 bits per heavy atom. The Kier molecular flexibility index (Phi) is 6.34. The van der Waals surface area contributed by atoms with E-state index in [1.807, 2.05) is 12.1 Å². The summed E-state index contributed by atoms with van der Waals surface area (Å²) in [5.74, 6) is -1.21. The molecule has 0 aromatic heterocycles. The molecule has 0 spiro atoms. The van der Waals surface area contributed by atoms with Crippen molar-refractivity contribution in [3.8, 4) is 5.75 Å². The average molecular weight is 476 g/mol. The number of fused-ring (bicyclic) bond motifs is 1. The molecule has 32 heavy (non-hydrogen) atoms. The zero-order valence-electron chi connectivity index (χ0n) is 16.8. The molecule has 0 radical (unpaired) electrons. The molecule has 0 fully saturated rings. The first kappa shape index (κ1) is 22.1. The minimum Gasteiger partial charge on any atom is -0.487 e. The number of sulfonamides is 1. The number of halogens is 2. The van der Waals surface area contributed by atoms with Gasteiger partial charge in [-0.2, -0.15) is 0 Å². The normalized spacial score (nSPS) is 13.0. The number of ether oxygens (including phenoxy) is 2. The highest BCUT2D eigenvalue weighted by Gasteiger charge is 2.32. The molecule has 4 rings (SSSR count). The first-order valence-electron chi connectivity index (χ1n) is 9.82. The highest BCUT2D eigenvalue weighted by atomic mass is 35.5. The average Bonchev–Trinajstić information content (AvgIpc) is 3.23. The van der Waals surface area contributed by atoms with E-state index in [0.29, 0.717) is 18.7 Å². The lowest BCUT2D eigenvalue weighted by Gasteiger charge is -2.20. The molecule has 9 heteroatoms. The van der Waals surface area contributed by atoms with Gasteiger partial charge < -0.3 is 9.47 Å². The van der Waals surface area contributed by atoms with E-state index in [1.54, 1.807) is 18.2 Å². The summed E-state index contributed by atoms with van der Waals surface area (Å²) in [4.78, 5) is 12.3. The largest absolute Gasteiger partial charge is 0.487 e. The van der Waals surface area contributed by atoms with Crippen molar-refractivity contribution in [1.82, 2.24) is 0 Å². The predicted octanol–water partition coefficient (Wildman–Crippen LogP) is 4.47. The number of carbonyl (C=O) groups excluding carboxylic acids is 1. The summed E-state index contributed by atoms with van der Waals surface area (Å²) in [6.07, 6.45) is 0.594. The number of carbonyl (C=O) groups is 1. The molecular formula is C23H19ClFNO5S. The summed E-state index contributed by atoms with van der Waals surface area (Å²) >= 11 is 6.19. The lowest BCUT2D eigenvalue weighted by atomic mass is 10.2. The van der Waals surface area contributed by atoms with E-state index in [0.717, 1.165) is 5.56 Å². The summed E-state index contributed by atoms with van der Waals surface area (Å²) in [6, 6.07) is 17.1. The second-order valence-corrected chi connectivity index (χ2v) is 9.25. The van der Waals surface area contributed by atoms with E-state index in [-0.39, 0.29) is 34.4 Å². The number of para-hydroxylation sites is 2. The number of anilines is 1. The Morgan fingerprint density at radius 2 is 1.78 bits per heavy atom. The molecule has 6 nitrogen and oxygen atoms in total. The second kappa shape index (κ2) is 9.18. The molecule has 3 aromatic carbocycles. The highest BCUT2D eigenvalue weighted by Crippen LogP contribution is 2.35. The molecule has 3 aromatic rings. The zero-order chi connectivity index (χ0) is 22.7. The van der Waals surface area contributed by atoms with Crippen molar-refractivity contribution in [2.75, 3.05) is 24.1 Å². The van der Waals surface area contributed by atoms with Gasteiger partial charge in [0, 0.05) is 6.54 Å². The van der Waals surface area contributed by atoms with Crippen LogP contribution in [0.4, 0.5) is 10.1 Å². The summed E-state index contributed by atoms with van der Waals surface area (Å²) in [5, 5.41) is 0.00816. The van der Waals surface area contributed by atoms with Gasteiger partial charge in [-0.15, -0.1) is 0 Å². The Hall–Kier alpha value is -3.10. The van der Waals surface area contributed by atoms with Crippen molar-refractivity contribution < 1.29 is 27.1 Å². The first-order valence-corrected chi connectivity index (χ1v) is 11.6. The predicted molar refractivity (Wildman–Crippen MR) is 118 cm³/mol. The molecule has 0 saturated heterocycles. The maximum Gasteiger partial charge on any atom is 0.338 e. The van der Waals surface area contributed by atoms with Crippen molar-refractivity contribution >= 4 is 33.3 Å². The van der Waals surface area contributed by atoms with Crippen LogP contribution in [0.1, 0.15) is 15.9 Å². The number of esters is 1. The lowest BCUT2D eigenvalue weighted by Crippen LogP contribution is -2.29. The fourth-order valence-electron chi connectivity index (χ4n) is 3.44. The molecule has 166 valence electrons. The van der Waals surface area contributed by atoms with Crippen LogP contribution in [0.3, 0.4) is 0 Å². The van der Waals surface area contributed by atoms with Crippen LogP contribution in [0, 0.1) is 5.82 Å². The van der Waals surface area contributed by atoms with Crippen LogP contribution in [-0.2, 0) is 21.2 Å². The van der Waals surface area contributed by atoms with Gasteiger partial charge in [-0.25, -0.2) is 17.6 Å². The zero-order valence-corrected chi connectivity index (χ0v) is 18.4. The number of rotatable bonds is 7.